The molecule has 2 saturated heterocycles. The van der Waals surface area contributed by atoms with Gasteiger partial charge >= 0.3 is 0 Å². The number of pyridine rings is 1. The van der Waals surface area contributed by atoms with Gasteiger partial charge in [0.05, 0.1) is 6.04 Å². The van der Waals surface area contributed by atoms with Gasteiger partial charge in [-0.25, -0.2) is 18.4 Å². The molecule has 2 aliphatic rings. The first-order valence-corrected chi connectivity index (χ1v) is 12.6. The van der Waals surface area contributed by atoms with Gasteiger partial charge in [0, 0.05) is 30.6 Å². The van der Waals surface area contributed by atoms with Crippen LogP contribution in [0.15, 0.2) is 24.3 Å². The van der Waals surface area contributed by atoms with Crippen LogP contribution in [0.25, 0.3) is 21.9 Å². The van der Waals surface area contributed by atoms with Crippen molar-refractivity contribution in [3.05, 3.63) is 35.7 Å². The van der Waals surface area contributed by atoms with E-state index in [-0.39, 0.29) is 29.6 Å². The lowest BCUT2D eigenvalue weighted by Gasteiger charge is -2.31. The average Bonchev–Trinajstić information content (AvgIpc) is 3.50. The highest BCUT2D eigenvalue weighted by atomic mass is 19.1. The van der Waals surface area contributed by atoms with E-state index in [0.717, 1.165) is 24.9 Å². The maximum atomic E-state index is 15.1. The molecule has 1 aromatic carbocycles. The fraction of sp³-hybridized carbons (Fsp3) is 0.538. The molecule has 4 heterocycles. The zero-order chi connectivity index (χ0) is 25.4. The molecule has 3 aromatic rings. The van der Waals surface area contributed by atoms with E-state index in [9.17, 15) is 9.18 Å². The number of rotatable bonds is 6. The van der Waals surface area contributed by atoms with Crippen molar-refractivity contribution >= 4 is 27.8 Å². The number of carbonyl (C=O) groups is 1. The molecule has 0 N–H and O–H groups in total. The Bertz CT molecular complexity index is 1300. The molecule has 2 fully saturated rings. The van der Waals surface area contributed by atoms with E-state index >= 15 is 4.39 Å². The van der Waals surface area contributed by atoms with Crippen LogP contribution in [0.3, 0.4) is 0 Å². The molecule has 2 aliphatic heterocycles. The number of ether oxygens (including phenoxy) is 1. The Morgan fingerprint density at radius 1 is 1.22 bits per heavy atom. The number of nitrogens with zero attached hydrogens (tertiary/aromatic N) is 6. The lowest BCUT2D eigenvalue weighted by molar-refractivity contribution is -0.127. The van der Waals surface area contributed by atoms with Crippen LogP contribution >= 0.6 is 0 Å². The van der Waals surface area contributed by atoms with Crippen molar-refractivity contribution in [1.29, 1.82) is 0 Å². The fourth-order valence-corrected chi connectivity index (χ4v) is 5.57. The summed E-state index contributed by atoms with van der Waals surface area (Å²) in [4.78, 5) is 20.8. The van der Waals surface area contributed by atoms with Gasteiger partial charge in [-0.2, -0.15) is 0 Å². The first-order chi connectivity index (χ1) is 17.4. The topological polar surface area (TPSA) is 76.4 Å². The molecule has 192 valence electrons. The average molecular weight is 499 g/mol. The Balaban J connectivity index is 1.51. The second kappa shape index (κ2) is 10.1. The molecular weight excluding hydrogens is 466 g/mol. The van der Waals surface area contributed by atoms with Gasteiger partial charge in [-0.15, -0.1) is 5.10 Å². The van der Waals surface area contributed by atoms with Crippen molar-refractivity contribution in [1.82, 2.24) is 29.8 Å². The molecule has 2 atom stereocenters. The Kier molecular flexibility index (Phi) is 6.87. The second-order valence-electron chi connectivity index (χ2n) is 9.92. The van der Waals surface area contributed by atoms with Gasteiger partial charge in [0.1, 0.15) is 29.6 Å². The van der Waals surface area contributed by atoms with Gasteiger partial charge in [-0.05, 0) is 76.9 Å². The summed E-state index contributed by atoms with van der Waals surface area (Å²) in [7, 11) is 2.09. The molecule has 2 aromatic heterocycles. The first-order valence-electron chi connectivity index (χ1n) is 12.6. The number of alkyl halides is 1. The third-order valence-corrected chi connectivity index (χ3v) is 7.46. The Labute approximate surface area is 208 Å². The number of likely N-dealkylation sites (N-methyl/N-ethyl adjacent to an activating group) is 1. The number of fused-ring (bicyclic) bond motifs is 3. The van der Waals surface area contributed by atoms with E-state index in [4.69, 9.17) is 4.74 Å². The Morgan fingerprint density at radius 3 is 2.69 bits per heavy atom. The number of aryl methyl sites for hydroxylation is 1. The van der Waals surface area contributed by atoms with E-state index in [1.54, 1.807) is 4.90 Å². The summed E-state index contributed by atoms with van der Waals surface area (Å²) in [6.45, 7) is 5.26. The van der Waals surface area contributed by atoms with Gasteiger partial charge in [0.15, 0.2) is 5.52 Å². The molecule has 36 heavy (non-hydrogen) atoms. The minimum Gasteiger partial charge on any atom is -0.471 e. The predicted molar refractivity (Wildman–Crippen MR) is 133 cm³/mol. The molecule has 1 amide bonds. The third kappa shape index (κ3) is 4.54. The minimum absolute atomic E-state index is 0.0235. The number of amides is 1. The predicted octanol–water partition coefficient (Wildman–Crippen LogP) is 3.98. The summed E-state index contributed by atoms with van der Waals surface area (Å²) in [5, 5.41) is 9.58. The fourth-order valence-electron chi connectivity index (χ4n) is 5.57. The van der Waals surface area contributed by atoms with Crippen LogP contribution in [0.1, 0.15) is 44.2 Å². The molecule has 8 nitrogen and oxygen atoms in total. The number of aromatic nitrogens is 4. The quantitative estimate of drug-likeness (QED) is 0.479. The van der Waals surface area contributed by atoms with Gasteiger partial charge in [-0.1, -0.05) is 5.21 Å². The maximum Gasteiger partial charge on any atom is 0.246 e. The Hall–Kier alpha value is -3.14. The largest absolute Gasteiger partial charge is 0.471 e. The summed E-state index contributed by atoms with van der Waals surface area (Å²) < 4.78 is 35.7. The highest BCUT2D eigenvalue weighted by Gasteiger charge is 2.31. The van der Waals surface area contributed by atoms with Crippen LogP contribution in [-0.4, -0.2) is 81.2 Å². The van der Waals surface area contributed by atoms with Crippen LogP contribution in [0.2, 0.25) is 0 Å². The maximum absolute atomic E-state index is 15.1. The van der Waals surface area contributed by atoms with Crippen LogP contribution in [0.5, 0.6) is 5.88 Å². The number of piperidine rings is 1. The van der Waals surface area contributed by atoms with Gasteiger partial charge < -0.3 is 9.64 Å². The molecule has 5 rings (SSSR count). The molecular formula is C26H32F2N6O2. The van der Waals surface area contributed by atoms with E-state index < -0.39 is 12.5 Å². The van der Waals surface area contributed by atoms with E-state index in [1.165, 1.54) is 18.2 Å². The van der Waals surface area contributed by atoms with E-state index in [1.807, 2.05) is 24.6 Å². The summed E-state index contributed by atoms with van der Waals surface area (Å²) in [6, 6.07) is 3.61. The second-order valence-corrected chi connectivity index (χ2v) is 9.92. The van der Waals surface area contributed by atoms with Crippen molar-refractivity contribution in [3.63, 3.8) is 0 Å². The normalized spacial score (nSPS) is 20.7. The van der Waals surface area contributed by atoms with Crippen molar-refractivity contribution in [2.75, 3.05) is 33.4 Å². The molecule has 0 aliphatic carbocycles. The standard InChI is InChI=1S/C26H32F2N6O2/c1-16-14-19-23(20(28)15-16)29-26(36-17(2)21-6-5-11-32(21)3)24-25(19)34(31-30-24)18-8-12-33(13-9-18)22(35)7-4-10-27/h4,7,14-15,17-18,21H,5-6,8-13H2,1-3H3/b7-4+/t17-,21-/m0/s1. The zero-order valence-electron chi connectivity index (χ0n) is 21.0. The van der Waals surface area contributed by atoms with Crippen LogP contribution < -0.4 is 4.74 Å². The van der Waals surface area contributed by atoms with Crippen molar-refractivity contribution < 1.29 is 18.3 Å². The number of allylic oxidation sites excluding steroid dienone is 1. The third-order valence-electron chi connectivity index (χ3n) is 7.46. The zero-order valence-corrected chi connectivity index (χ0v) is 21.0. The van der Waals surface area contributed by atoms with Crippen LogP contribution in [0.4, 0.5) is 8.78 Å². The van der Waals surface area contributed by atoms with E-state index in [0.29, 0.717) is 48.2 Å². The van der Waals surface area contributed by atoms with Gasteiger partial charge in [0.25, 0.3) is 0 Å². The molecule has 0 unspecified atom stereocenters. The number of carbonyl (C=O) groups excluding carboxylic acids is 1. The summed E-state index contributed by atoms with van der Waals surface area (Å²) in [5.74, 6) is -0.304. The molecule has 0 spiro atoms. The van der Waals surface area contributed by atoms with Gasteiger partial charge in [0.2, 0.25) is 11.8 Å². The lowest BCUT2D eigenvalue weighted by atomic mass is 10.0. The van der Waals surface area contributed by atoms with Crippen molar-refractivity contribution in [2.24, 2.45) is 0 Å². The number of hydrogen-bond acceptors (Lipinski definition) is 6. The summed E-state index contributed by atoms with van der Waals surface area (Å²) >= 11 is 0. The number of likely N-dealkylation sites (tertiary alicyclic amines) is 2. The van der Waals surface area contributed by atoms with Crippen LogP contribution in [-0.2, 0) is 4.79 Å². The SMILES string of the molecule is Cc1cc(F)c2nc(O[C@@H](C)[C@@H]3CCCN3C)c3nnn(C4CCN(C(=O)/C=C/CF)CC4)c3c2c1. The monoisotopic (exact) mass is 498 g/mol. The Morgan fingerprint density at radius 2 is 2.00 bits per heavy atom. The first kappa shape index (κ1) is 24.5. The minimum atomic E-state index is -0.662. The highest BCUT2D eigenvalue weighted by Crippen LogP contribution is 2.36. The van der Waals surface area contributed by atoms with Crippen molar-refractivity contribution in [2.45, 2.75) is 57.7 Å². The lowest BCUT2D eigenvalue weighted by Crippen LogP contribution is -2.38. The van der Waals surface area contributed by atoms with Gasteiger partial charge in [-0.3, -0.25) is 9.69 Å². The molecule has 0 radical (unpaired) electrons. The molecule has 0 saturated carbocycles. The van der Waals surface area contributed by atoms with Crippen molar-refractivity contribution in [3.8, 4) is 5.88 Å². The summed E-state index contributed by atoms with van der Waals surface area (Å²) in [6.07, 6.45) is 5.83. The smallest absolute Gasteiger partial charge is 0.246 e. The molecule has 0 bridgehead atoms. The summed E-state index contributed by atoms with van der Waals surface area (Å²) in [5.41, 5.74) is 2.24. The highest BCUT2D eigenvalue weighted by molar-refractivity contribution is 6.04. The molecule has 10 heteroatoms. The number of halogens is 2. The number of hydrogen-bond donors (Lipinski definition) is 0. The van der Waals surface area contributed by atoms with E-state index in [2.05, 4.69) is 27.2 Å². The van der Waals surface area contributed by atoms with Crippen LogP contribution in [0, 0.1) is 12.7 Å². The number of benzene rings is 1.